The number of ether oxygens (including phenoxy) is 5. The van der Waals surface area contributed by atoms with Crippen molar-refractivity contribution in [1.82, 2.24) is 0 Å². The van der Waals surface area contributed by atoms with Crippen LogP contribution in [-0.4, -0.2) is 119 Å². The monoisotopic (exact) mass is 828 g/mol. The third kappa shape index (κ3) is 6.88. The molecular weight excluding hydrogens is 765 g/mol. The van der Waals surface area contributed by atoms with Gasteiger partial charge in [-0.3, -0.25) is 14.1 Å². The van der Waals surface area contributed by atoms with E-state index >= 15 is 0 Å². The van der Waals surface area contributed by atoms with Crippen molar-refractivity contribution in [3.63, 3.8) is 0 Å². The molecule has 1 spiro atoms. The third-order valence-electron chi connectivity index (χ3n) is 15.8. The predicted octanol–water partition coefficient (Wildman–Crippen LogP) is 3.40. The van der Waals surface area contributed by atoms with Gasteiger partial charge in [0, 0.05) is 6.42 Å². The van der Waals surface area contributed by atoms with E-state index in [2.05, 4.69) is 47.6 Å². The summed E-state index contributed by atoms with van der Waals surface area (Å²) in [6.45, 7) is 16.0. The minimum Gasteiger partial charge on any atom is -0.458 e. The predicted molar refractivity (Wildman–Crippen MR) is 201 cm³/mol. The first-order valence-electron chi connectivity index (χ1n) is 20.8. The molecule has 7 rings (SSSR count). The minimum atomic E-state index is -5.02. The van der Waals surface area contributed by atoms with Gasteiger partial charge in [0.2, 0.25) is 0 Å². The van der Waals surface area contributed by atoms with Gasteiger partial charge < -0.3 is 44.1 Å². The van der Waals surface area contributed by atoms with E-state index in [0.29, 0.717) is 38.0 Å². The Bertz CT molecular complexity index is 1720. The fourth-order valence-electron chi connectivity index (χ4n) is 12.9. The molecule has 3 saturated heterocycles. The summed E-state index contributed by atoms with van der Waals surface area (Å²) in [5.74, 6) is 0.0673. The quantitative estimate of drug-likeness (QED) is 0.0921. The highest BCUT2D eigenvalue weighted by atomic mass is 32.3. The first-order chi connectivity index (χ1) is 26.4. The van der Waals surface area contributed by atoms with Crippen molar-refractivity contribution < 1.29 is 70.9 Å². The second-order valence-electron chi connectivity index (χ2n) is 19.9. The lowest BCUT2D eigenvalue weighted by Crippen LogP contribution is -2.63. The first-order valence-corrected chi connectivity index (χ1v) is 22.2. The van der Waals surface area contributed by atoms with Gasteiger partial charge in [-0.25, -0.2) is 4.18 Å². The van der Waals surface area contributed by atoms with Crippen molar-refractivity contribution in [2.45, 2.75) is 180 Å². The van der Waals surface area contributed by atoms with Gasteiger partial charge in [0.15, 0.2) is 12.6 Å². The standard InChI is InChI=1S/C41H64O15S/c1-20(2)10-9-15-40(8)33-24(42)18-39(7)23-11-12-26-37(4,5)27(14-16-38(26,6)22(23)13-17-41(33,39)36(47)55-40)53-35-32(29(44)25(19-51-35)56-57(48,49)50)54-34-31(46)30(45)28(43)21(3)52-34/h13,20-21,23,25-35,43-46H,9-12,14-19H2,1-8H3,(H,48,49,50)/t21-,23-,25-,26+,27+,28-,29+,30+,31-,32-,33-,34-,35+,38-,39+,40+,41-/m1/s1. The average molecular weight is 829 g/mol. The van der Waals surface area contributed by atoms with E-state index in [1.54, 1.807) is 0 Å². The zero-order valence-corrected chi connectivity index (χ0v) is 35.3. The maximum atomic E-state index is 14.2. The van der Waals surface area contributed by atoms with Crippen LogP contribution in [0.4, 0.5) is 0 Å². The summed E-state index contributed by atoms with van der Waals surface area (Å²) in [7, 11) is -5.02. The topological polar surface area (TPSA) is 225 Å². The molecule has 0 amide bonds. The lowest BCUT2D eigenvalue weighted by molar-refractivity contribution is -0.362. The molecule has 0 radical (unpaired) electrons. The van der Waals surface area contributed by atoms with Crippen LogP contribution < -0.4 is 0 Å². The van der Waals surface area contributed by atoms with Crippen LogP contribution in [0.2, 0.25) is 0 Å². The van der Waals surface area contributed by atoms with Crippen LogP contribution in [0, 0.1) is 45.3 Å². The molecule has 57 heavy (non-hydrogen) atoms. The zero-order chi connectivity index (χ0) is 41.8. The largest absolute Gasteiger partial charge is 0.458 e. The van der Waals surface area contributed by atoms with Crippen molar-refractivity contribution in [2.75, 3.05) is 6.61 Å². The maximum absolute atomic E-state index is 14.2. The molecule has 17 atom stereocenters. The minimum absolute atomic E-state index is 0.0211. The molecule has 16 heteroatoms. The number of esters is 1. The van der Waals surface area contributed by atoms with E-state index in [0.717, 1.165) is 25.7 Å². The molecule has 0 bridgehead atoms. The van der Waals surface area contributed by atoms with Crippen LogP contribution in [0.5, 0.6) is 0 Å². The number of hydrogen-bond donors (Lipinski definition) is 5. The smallest absolute Gasteiger partial charge is 0.397 e. The SMILES string of the molecule is CC(C)CCC[C@]1(C)OC(=O)[C@]23CC=C4[C@@H](CC[C@H]5C(C)(C)[C@@H](O[C@@H]6OC[C@@H](OS(=O)(=O)O)[C@H](O)[C@H]6O[C@H]6O[C@H](C)[C@@H](O)[C@H](O)[C@H]6O)CC[C@]45C)[C@]2(C)CC(=O)[C@@H]31. The van der Waals surface area contributed by atoms with Crippen LogP contribution in [0.25, 0.3) is 0 Å². The van der Waals surface area contributed by atoms with Crippen molar-refractivity contribution in [2.24, 2.45) is 45.3 Å². The molecule has 0 aromatic carbocycles. The lowest BCUT2D eigenvalue weighted by Gasteiger charge is -2.63. The summed E-state index contributed by atoms with van der Waals surface area (Å²) in [6, 6.07) is 0. The number of allylic oxidation sites excluding steroid dienone is 2. The van der Waals surface area contributed by atoms with Gasteiger partial charge in [0.1, 0.15) is 48.0 Å². The molecule has 324 valence electrons. The summed E-state index contributed by atoms with van der Waals surface area (Å²) in [5, 5.41) is 42.8. The van der Waals surface area contributed by atoms with Gasteiger partial charge in [-0.15, -0.1) is 0 Å². The highest BCUT2D eigenvalue weighted by Gasteiger charge is 2.79. The molecular formula is C41H64O15S. The van der Waals surface area contributed by atoms with Crippen molar-refractivity contribution >= 4 is 22.2 Å². The molecule has 3 heterocycles. The van der Waals surface area contributed by atoms with Gasteiger partial charge in [-0.2, -0.15) is 8.42 Å². The van der Waals surface area contributed by atoms with Gasteiger partial charge in [0.25, 0.3) is 0 Å². The third-order valence-corrected chi connectivity index (χ3v) is 16.3. The Labute approximate surface area is 336 Å². The fourth-order valence-corrected chi connectivity index (χ4v) is 13.4. The maximum Gasteiger partial charge on any atom is 0.397 e. The molecule has 0 aromatic heterocycles. The van der Waals surface area contributed by atoms with Crippen LogP contribution in [0.1, 0.15) is 113 Å². The number of Topliss-reactive ketones (excluding diaryl/α,β-unsaturated/α-hetero) is 1. The lowest BCUT2D eigenvalue weighted by atomic mass is 9.41. The van der Waals surface area contributed by atoms with E-state index in [9.17, 15) is 43.0 Å². The second-order valence-corrected chi connectivity index (χ2v) is 21.0. The van der Waals surface area contributed by atoms with Crippen LogP contribution >= 0.6 is 0 Å². The Morgan fingerprint density at radius 2 is 1.63 bits per heavy atom. The van der Waals surface area contributed by atoms with Crippen LogP contribution in [0.3, 0.4) is 0 Å². The Morgan fingerprint density at radius 1 is 0.930 bits per heavy atom. The number of hydrogen-bond acceptors (Lipinski definition) is 14. The van der Waals surface area contributed by atoms with Gasteiger partial charge >= 0.3 is 16.4 Å². The van der Waals surface area contributed by atoms with Gasteiger partial charge in [-0.1, -0.05) is 59.6 Å². The Kier molecular flexibility index (Phi) is 11.3. The Morgan fingerprint density at radius 3 is 2.30 bits per heavy atom. The van der Waals surface area contributed by atoms with Gasteiger partial charge in [0.05, 0.1) is 30.1 Å². The van der Waals surface area contributed by atoms with Crippen LogP contribution in [0.15, 0.2) is 11.6 Å². The summed E-state index contributed by atoms with van der Waals surface area (Å²) < 4.78 is 67.9. The molecule has 6 fully saturated rings. The Hall–Kier alpha value is -1.57. The Balaban J connectivity index is 1.13. The molecule has 5 N–H and O–H groups in total. The van der Waals surface area contributed by atoms with Crippen molar-refractivity contribution in [1.29, 1.82) is 0 Å². The highest BCUT2D eigenvalue weighted by Crippen LogP contribution is 2.75. The normalized spacial score (nSPS) is 49.4. The average Bonchev–Trinajstić information content (AvgIpc) is 3.50. The fraction of sp³-hybridized carbons (Fsp3) is 0.902. The number of carbonyl (C=O) groups is 2. The van der Waals surface area contributed by atoms with E-state index < -0.39 is 106 Å². The molecule has 0 aromatic rings. The zero-order valence-electron chi connectivity index (χ0n) is 34.5. The molecule has 0 unspecified atom stereocenters. The van der Waals surface area contributed by atoms with Crippen LogP contribution in [-0.2, 0) is 47.9 Å². The van der Waals surface area contributed by atoms with E-state index in [-0.39, 0.29) is 29.0 Å². The van der Waals surface area contributed by atoms with E-state index in [1.807, 2.05) is 6.92 Å². The number of carbonyl (C=O) groups excluding carboxylic acids is 2. The van der Waals surface area contributed by atoms with Crippen molar-refractivity contribution in [3.05, 3.63) is 11.6 Å². The molecule has 4 aliphatic carbocycles. The molecule has 3 aliphatic heterocycles. The summed E-state index contributed by atoms with van der Waals surface area (Å²) in [5.41, 5.74) is -1.79. The van der Waals surface area contributed by atoms with E-state index in [1.165, 1.54) is 12.5 Å². The number of aliphatic hydroxyl groups excluding tert-OH is 4. The highest BCUT2D eigenvalue weighted by molar-refractivity contribution is 7.80. The van der Waals surface area contributed by atoms with Crippen molar-refractivity contribution in [3.8, 4) is 0 Å². The number of ketones is 1. The van der Waals surface area contributed by atoms with Gasteiger partial charge in [-0.05, 0) is 92.8 Å². The summed E-state index contributed by atoms with van der Waals surface area (Å²) >= 11 is 0. The summed E-state index contributed by atoms with van der Waals surface area (Å²) in [6.07, 6.45) is -5.52. The summed E-state index contributed by atoms with van der Waals surface area (Å²) in [4.78, 5) is 28.4. The first kappa shape index (κ1) is 43.5. The second kappa shape index (κ2) is 14.8. The van der Waals surface area contributed by atoms with E-state index in [4.69, 9.17) is 27.9 Å². The molecule has 3 saturated carbocycles. The molecule has 15 nitrogen and oxygen atoms in total. The number of fused-ring (bicyclic) bond motifs is 4. The number of aliphatic hydroxyl groups is 4. The molecule has 7 aliphatic rings. The number of rotatable bonds is 10. The number of cyclic esters (lactones) is 1.